The minimum absolute atomic E-state index is 0.0570. The zero-order valence-electron chi connectivity index (χ0n) is 6.94. The molecule has 0 fully saturated rings. The summed E-state index contributed by atoms with van der Waals surface area (Å²) in [4.78, 5) is 12.8. The van der Waals surface area contributed by atoms with Gasteiger partial charge in [-0.2, -0.15) is 0 Å². The Balaban J connectivity index is 2.57. The second kappa shape index (κ2) is 4.88. The molecule has 0 aromatic rings. The highest BCUT2D eigenvalue weighted by Gasteiger charge is 2.26. The molecule has 1 aliphatic heterocycles. The third-order valence-electron chi connectivity index (χ3n) is 1.66. The van der Waals surface area contributed by atoms with Gasteiger partial charge in [0, 0.05) is 18.6 Å². The molecule has 0 aromatic carbocycles. The second-order valence-electron chi connectivity index (χ2n) is 2.57. The van der Waals surface area contributed by atoms with Gasteiger partial charge in [0.05, 0.1) is 0 Å². The van der Waals surface area contributed by atoms with Crippen molar-refractivity contribution in [3.05, 3.63) is 11.1 Å². The van der Waals surface area contributed by atoms with E-state index in [0.717, 1.165) is 0 Å². The van der Waals surface area contributed by atoms with Crippen LogP contribution in [-0.2, 0) is 4.79 Å². The summed E-state index contributed by atoms with van der Waals surface area (Å²) in [5, 5.41) is 10.4. The first-order valence-corrected chi connectivity index (χ1v) is 5.69. The van der Waals surface area contributed by atoms with Gasteiger partial charge in [-0.25, -0.2) is 0 Å². The van der Waals surface area contributed by atoms with Crippen molar-refractivity contribution in [2.24, 2.45) is 5.73 Å². The Morgan fingerprint density at radius 1 is 1.85 bits per heavy atom. The number of carbonyl (C=O) groups excluding carboxylic acids is 1. The Hall–Kier alpha value is -0.200. The van der Waals surface area contributed by atoms with E-state index in [1.165, 1.54) is 11.8 Å². The fourth-order valence-electron chi connectivity index (χ4n) is 1.03. The highest BCUT2D eigenvalue weighted by atomic mass is 79.9. The molecule has 1 heterocycles. The van der Waals surface area contributed by atoms with E-state index >= 15 is 0 Å². The normalized spacial score (nSPS) is 21.8. The lowest BCUT2D eigenvalue weighted by Crippen LogP contribution is -2.32. The van der Waals surface area contributed by atoms with E-state index in [-0.39, 0.29) is 10.9 Å². The van der Waals surface area contributed by atoms with Crippen molar-refractivity contribution in [3.63, 3.8) is 0 Å². The summed E-state index contributed by atoms with van der Waals surface area (Å²) in [5.74, 6) is -0.424. The number of hydrogen-bond acceptors (Lipinski definition) is 4. The Morgan fingerprint density at radius 2 is 2.54 bits per heavy atom. The minimum Gasteiger partial charge on any atom is -0.396 e. The molecule has 1 atom stereocenters. The number of alkyl halides is 1. The van der Waals surface area contributed by atoms with Crippen LogP contribution in [0.4, 0.5) is 0 Å². The third kappa shape index (κ3) is 2.62. The first-order chi connectivity index (χ1) is 6.16. The summed E-state index contributed by atoms with van der Waals surface area (Å²) in [6.45, 7) is 0.751. The number of aliphatic hydroxyl groups excluding tert-OH is 1. The molecule has 6 heteroatoms. The van der Waals surface area contributed by atoms with E-state index in [0.29, 0.717) is 18.7 Å². The zero-order chi connectivity index (χ0) is 9.84. The van der Waals surface area contributed by atoms with Gasteiger partial charge in [-0.3, -0.25) is 4.79 Å². The number of halogens is 1. The van der Waals surface area contributed by atoms with E-state index in [9.17, 15) is 4.79 Å². The second-order valence-corrected chi connectivity index (χ2v) is 4.99. The smallest absolute Gasteiger partial charge is 0.265 e. The summed E-state index contributed by atoms with van der Waals surface area (Å²) in [6.07, 6.45) is 0.632. The van der Waals surface area contributed by atoms with Gasteiger partial charge in [0.2, 0.25) is 0 Å². The average molecular weight is 267 g/mol. The largest absolute Gasteiger partial charge is 0.396 e. The molecule has 0 aliphatic carbocycles. The lowest BCUT2D eigenvalue weighted by molar-refractivity contribution is -0.115. The monoisotopic (exact) mass is 266 g/mol. The molecule has 4 nitrogen and oxygen atoms in total. The first kappa shape index (κ1) is 10.9. The van der Waals surface area contributed by atoms with Crippen molar-refractivity contribution in [2.75, 3.05) is 13.2 Å². The van der Waals surface area contributed by atoms with Crippen molar-refractivity contribution in [1.82, 2.24) is 4.90 Å². The van der Waals surface area contributed by atoms with Crippen LogP contribution < -0.4 is 5.73 Å². The van der Waals surface area contributed by atoms with Crippen LogP contribution in [0.25, 0.3) is 0 Å². The molecule has 13 heavy (non-hydrogen) atoms. The van der Waals surface area contributed by atoms with E-state index in [4.69, 9.17) is 10.8 Å². The summed E-state index contributed by atoms with van der Waals surface area (Å²) in [5.41, 5.74) is 5.69. The molecule has 0 saturated carbocycles. The topological polar surface area (TPSA) is 66.6 Å². The molecular weight excluding hydrogens is 256 g/mol. The van der Waals surface area contributed by atoms with Crippen molar-refractivity contribution in [3.8, 4) is 0 Å². The maximum atomic E-state index is 10.9. The number of primary amides is 1. The average Bonchev–Trinajstić information content (AvgIpc) is 2.43. The number of nitrogens with zero attached hydrogens (tertiary/aromatic N) is 1. The molecule has 74 valence electrons. The van der Waals surface area contributed by atoms with Gasteiger partial charge < -0.3 is 15.7 Å². The van der Waals surface area contributed by atoms with Crippen LogP contribution in [0.3, 0.4) is 0 Å². The fourth-order valence-corrected chi connectivity index (χ4v) is 2.64. The number of carbonyl (C=O) groups is 1. The SMILES string of the molecule is NC(=O)C1=CSC(Br)N1CCCO. The predicted octanol–water partition coefficient (Wildman–Crippen LogP) is 0.423. The van der Waals surface area contributed by atoms with Crippen molar-refractivity contribution >= 4 is 33.6 Å². The molecular formula is C7H11BrN2O2S. The zero-order valence-corrected chi connectivity index (χ0v) is 9.34. The van der Waals surface area contributed by atoms with Gasteiger partial charge in [-0.05, 0) is 6.42 Å². The van der Waals surface area contributed by atoms with E-state index in [2.05, 4.69) is 15.9 Å². The number of nitrogens with two attached hydrogens (primary N) is 1. The van der Waals surface area contributed by atoms with Crippen LogP contribution in [0.1, 0.15) is 6.42 Å². The van der Waals surface area contributed by atoms with E-state index < -0.39 is 5.91 Å². The van der Waals surface area contributed by atoms with Crippen LogP contribution in [0.5, 0.6) is 0 Å². The van der Waals surface area contributed by atoms with Gasteiger partial charge in [0.25, 0.3) is 5.91 Å². The third-order valence-corrected chi connectivity index (χ3v) is 3.64. The number of thioether (sulfide) groups is 1. The molecule has 0 spiro atoms. The molecule has 0 bridgehead atoms. The number of amides is 1. The molecule has 1 rings (SSSR count). The maximum Gasteiger partial charge on any atom is 0.265 e. The Bertz CT molecular complexity index is 235. The summed E-state index contributed by atoms with van der Waals surface area (Å²) in [7, 11) is 0. The number of hydrogen-bond donors (Lipinski definition) is 2. The molecule has 1 unspecified atom stereocenters. The van der Waals surface area contributed by atoms with Crippen LogP contribution >= 0.6 is 27.7 Å². The Kier molecular flexibility index (Phi) is 4.08. The molecule has 1 amide bonds. The summed E-state index contributed by atoms with van der Waals surface area (Å²) < 4.78 is 0.0570. The van der Waals surface area contributed by atoms with Crippen LogP contribution in [0.2, 0.25) is 0 Å². The van der Waals surface area contributed by atoms with Crippen LogP contribution in [0, 0.1) is 0 Å². The Morgan fingerprint density at radius 3 is 3.08 bits per heavy atom. The van der Waals surface area contributed by atoms with Gasteiger partial charge in [0.1, 0.15) is 9.98 Å². The van der Waals surface area contributed by atoms with E-state index in [1.807, 2.05) is 4.90 Å². The summed E-state index contributed by atoms with van der Waals surface area (Å²) >= 11 is 4.88. The van der Waals surface area contributed by atoms with Gasteiger partial charge in [-0.1, -0.05) is 27.7 Å². The number of aliphatic hydroxyl groups is 1. The predicted molar refractivity (Wildman–Crippen MR) is 56.0 cm³/mol. The van der Waals surface area contributed by atoms with Gasteiger partial charge in [0.15, 0.2) is 0 Å². The quantitative estimate of drug-likeness (QED) is 0.572. The van der Waals surface area contributed by atoms with Crippen LogP contribution in [-0.4, -0.2) is 33.3 Å². The molecule has 0 saturated heterocycles. The minimum atomic E-state index is -0.424. The molecule has 0 aromatic heterocycles. The van der Waals surface area contributed by atoms with Crippen molar-refractivity contribution in [2.45, 2.75) is 10.7 Å². The lowest BCUT2D eigenvalue weighted by Gasteiger charge is -2.23. The molecule has 1 aliphatic rings. The standard InChI is InChI=1S/C7H11BrN2O2S/c8-7-10(2-1-3-11)5(4-13-7)6(9)12/h4,7,11H,1-3H2,(H2,9,12). The maximum absolute atomic E-state index is 10.9. The highest BCUT2D eigenvalue weighted by molar-refractivity contribution is 9.11. The van der Waals surface area contributed by atoms with Crippen LogP contribution in [0.15, 0.2) is 11.1 Å². The Labute approximate surface area is 89.3 Å². The van der Waals surface area contributed by atoms with Gasteiger partial charge in [-0.15, -0.1) is 0 Å². The molecule has 3 N–H and O–H groups in total. The van der Waals surface area contributed by atoms with E-state index in [1.54, 1.807) is 5.41 Å². The van der Waals surface area contributed by atoms with Crippen molar-refractivity contribution in [1.29, 1.82) is 0 Å². The fraction of sp³-hybridized carbons (Fsp3) is 0.571. The number of rotatable bonds is 4. The highest BCUT2D eigenvalue weighted by Crippen LogP contribution is 2.34. The first-order valence-electron chi connectivity index (χ1n) is 3.84. The van der Waals surface area contributed by atoms with Crippen molar-refractivity contribution < 1.29 is 9.90 Å². The molecule has 0 radical (unpaired) electrons. The summed E-state index contributed by atoms with van der Waals surface area (Å²) in [6, 6.07) is 0. The lowest BCUT2D eigenvalue weighted by atomic mass is 10.3. The van der Waals surface area contributed by atoms with Gasteiger partial charge >= 0.3 is 0 Å².